The first-order valence-corrected chi connectivity index (χ1v) is 3.91. The maximum Gasteiger partial charge on any atom is 0.166 e. The van der Waals surface area contributed by atoms with E-state index >= 15 is 0 Å². The maximum absolute atomic E-state index is 12.9. The van der Waals surface area contributed by atoms with Gasteiger partial charge in [-0.3, -0.25) is 0 Å². The van der Waals surface area contributed by atoms with Crippen molar-refractivity contribution in [3.63, 3.8) is 0 Å². The molecule has 0 fully saturated rings. The van der Waals surface area contributed by atoms with E-state index in [1.807, 2.05) is 11.9 Å². The fraction of sp³-hybridized carbons (Fsp3) is 0.333. The summed E-state index contributed by atoms with van der Waals surface area (Å²) in [7, 11) is 1.92. The molecule has 0 aliphatic carbocycles. The van der Waals surface area contributed by atoms with E-state index in [2.05, 4.69) is 0 Å². The molecule has 2 nitrogen and oxygen atoms in total. The van der Waals surface area contributed by atoms with Crippen molar-refractivity contribution in [1.29, 1.82) is 0 Å². The monoisotopic (exact) mass is 167 g/mol. The number of hydrogen-bond acceptors (Lipinski definition) is 2. The van der Waals surface area contributed by atoms with Crippen molar-refractivity contribution in [1.82, 2.24) is 0 Å². The van der Waals surface area contributed by atoms with Crippen LogP contribution < -0.4 is 4.90 Å². The standard InChI is InChI=1S/C9H10FNO/c1-11-3-2-6-4-9(12)7(10)5-8(6)11/h4-5,12H,2-3H2,1H3. The van der Waals surface area contributed by atoms with E-state index in [0.717, 1.165) is 24.2 Å². The van der Waals surface area contributed by atoms with Crippen LogP contribution in [0, 0.1) is 5.82 Å². The van der Waals surface area contributed by atoms with E-state index in [0.29, 0.717) is 0 Å². The van der Waals surface area contributed by atoms with Crippen LogP contribution in [0.15, 0.2) is 12.1 Å². The molecule has 1 aliphatic rings. The Morgan fingerprint density at radius 2 is 2.25 bits per heavy atom. The number of halogens is 1. The Morgan fingerprint density at radius 1 is 1.50 bits per heavy atom. The quantitative estimate of drug-likeness (QED) is 0.633. The van der Waals surface area contributed by atoms with Gasteiger partial charge in [-0.1, -0.05) is 0 Å². The second kappa shape index (κ2) is 2.37. The van der Waals surface area contributed by atoms with Crippen molar-refractivity contribution in [3.8, 4) is 5.75 Å². The van der Waals surface area contributed by atoms with Crippen LogP contribution >= 0.6 is 0 Å². The molecular formula is C9H10FNO. The highest BCUT2D eigenvalue weighted by molar-refractivity contribution is 5.59. The van der Waals surface area contributed by atoms with Crippen LogP contribution in [0.1, 0.15) is 5.56 Å². The summed E-state index contributed by atoms with van der Waals surface area (Å²) >= 11 is 0. The lowest BCUT2D eigenvalue weighted by Crippen LogP contribution is -2.12. The molecule has 0 spiro atoms. The molecule has 1 aliphatic heterocycles. The Hall–Kier alpha value is -1.25. The first-order valence-electron chi connectivity index (χ1n) is 3.91. The van der Waals surface area contributed by atoms with Crippen LogP contribution in [0.2, 0.25) is 0 Å². The minimum Gasteiger partial charge on any atom is -0.505 e. The second-order valence-electron chi connectivity index (χ2n) is 3.10. The molecule has 1 aromatic carbocycles. The molecule has 12 heavy (non-hydrogen) atoms. The molecule has 0 bridgehead atoms. The zero-order valence-corrected chi connectivity index (χ0v) is 6.84. The van der Waals surface area contributed by atoms with E-state index in [4.69, 9.17) is 5.11 Å². The highest BCUT2D eigenvalue weighted by Crippen LogP contribution is 2.31. The SMILES string of the molecule is CN1CCc2cc(O)c(F)cc21. The highest BCUT2D eigenvalue weighted by atomic mass is 19.1. The molecule has 2 rings (SSSR count). The number of fused-ring (bicyclic) bond motifs is 1. The Labute approximate surface area is 70.2 Å². The minimum absolute atomic E-state index is 0.246. The van der Waals surface area contributed by atoms with Crippen molar-refractivity contribution in [2.45, 2.75) is 6.42 Å². The molecule has 0 unspecified atom stereocenters. The van der Waals surface area contributed by atoms with Gasteiger partial charge in [-0.05, 0) is 18.1 Å². The van der Waals surface area contributed by atoms with Gasteiger partial charge in [0.1, 0.15) is 0 Å². The van der Waals surface area contributed by atoms with Gasteiger partial charge in [0.15, 0.2) is 11.6 Å². The van der Waals surface area contributed by atoms with Gasteiger partial charge >= 0.3 is 0 Å². The molecule has 0 aromatic heterocycles. The van der Waals surface area contributed by atoms with Gasteiger partial charge in [0.2, 0.25) is 0 Å². The van der Waals surface area contributed by atoms with Crippen LogP contribution in [0.4, 0.5) is 10.1 Å². The van der Waals surface area contributed by atoms with E-state index < -0.39 is 5.82 Å². The molecule has 64 valence electrons. The highest BCUT2D eigenvalue weighted by Gasteiger charge is 2.17. The van der Waals surface area contributed by atoms with Crippen molar-refractivity contribution >= 4 is 5.69 Å². The van der Waals surface area contributed by atoms with E-state index in [-0.39, 0.29) is 5.75 Å². The Bertz CT molecular complexity index is 325. The fourth-order valence-corrected chi connectivity index (χ4v) is 1.56. The van der Waals surface area contributed by atoms with Crippen LogP contribution in [-0.4, -0.2) is 18.7 Å². The van der Waals surface area contributed by atoms with E-state index in [1.54, 1.807) is 0 Å². The summed E-state index contributed by atoms with van der Waals surface area (Å²) in [5.74, 6) is -0.786. The Morgan fingerprint density at radius 3 is 3.00 bits per heavy atom. The topological polar surface area (TPSA) is 23.5 Å². The van der Waals surface area contributed by atoms with Crippen molar-refractivity contribution < 1.29 is 9.50 Å². The Balaban J connectivity index is 2.56. The zero-order valence-electron chi connectivity index (χ0n) is 6.84. The predicted molar refractivity (Wildman–Crippen MR) is 45.0 cm³/mol. The van der Waals surface area contributed by atoms with Crippen LogP contribution in [-0.2, 0) is 6.42 Å². The molecule has 0 amide bonds. The molecule has 0 radical (unpaired) electrons. The number of phenolic OH excluding ortho intramolecular Hbond substituents is 1. The van der Waals surface area contributed by atoms with E-state index in [1.165, 1.54) is 12.1 Å². The first kappa shape index (κ1) is 7.40. The fourth-order valence-electron chi connectivity index (χ4n) is 1.56. The molecule has 1 N–H and O–H groups in total. The van der Waals surface area contributed by atoms with Crippen molar-refractivity contribution in [2.75, 3.05) is 18.5 Å². The lowest BCUT2D eigenvalue weighted by atomic mass is 10.1. The molecule has 3 heteroatoms. The van der Waals surface area contributed by atoms with Crippen molar-refractivity contribution in [3.05, 3.63) is 23.5 Å². The third-order valence-electron chi connectivity index (χ3n) is 2.28. The summed E-state index contributed by atoms with van der Waals surface area (Å²) in [6.45, 7) is 0.901. The summed E-state index contributed by atoms with van der Waals surface area (Å²) in [6.07, 6.45) is 0.889. The lowest BCUT2D eigenvalue weighted by Gasteiger charge is -2.11. The number of likely N-dealkylation sites (N-methyl/N-ethyl adjacent to an activating group) is 1. The summed E-state index contributed by atoms with van der Waals surface area (Å²) < 4.78 is 12.9. The number of benzene rings is 1. The zero-order chi connectivity index (χ0) is 8.72. The van der Waals surface area contributed by atoms with Crippen LogP contribution in [0.3, 0.4) is 0 Å². The van der Waals surface area contributed by atoms with Gasteiger partial charge < -0.3 is 10.0 Å². The summed E-state index contributed by atoms with van der Waals surface area (Å²) in [6, 6.07) is 2.89. The molecular weight excluding hydrogens is 157 g/mol. The van der Waals surface area contributed by atoms with Gasteiger partial charge in [-0.2, -0.15) is 0 Å². The number of phenols is 1. The lowest BCUT2D eigenvalue weighted by molar-refractivity contribution is 0.432. The first-order chi connectivity index (χ1) is 5.68. The third kappa shape index (κ3) is 0.932. The largest absolute Gasteiger partial charge is 0.505 e. The Kier molecular flexibility index (Phi) is 1.46. The normalized spacial score (nSPS) is 15.0. The average Bonchev–Trinajstić information content (AvgIpc) is 2.35. The number of anilines is 1. The van der Waals surface area contributed by atoms with Crippen LogP contribution in [0.25, 0.3) is 0 Å². The third-order valence-corrected chi connectivity index (χ3v) is 2.28. The average molecular weight is 167 g/mol. The summed E-state index contributed by atoms with van der Waals surface area (Å²) in [5.41, 5.74) is 1.92. The van der Waals surface area contributed by atoms with Gasteiger partial charge in [-0.15, -0.1) is 0 Å². The van der Waals surface area contributed by atoms with Crippen molar-refractivity contribution in [2.24, 2.45) is 0 Å². The van der Waals surface area contributed by atoms with Gasteiger partial charge in [0, 0.05) is 25.3 Å². The maximum atomic E-state index is 12.9. The minimum atomic E-state index is -0.539. The molecule has 0 saturated heterocycles. The molecule has 0 atom stereocenters. The molecule has 1 aromatic rings. The molecule has 0 saturated carbocycles. The van der Waals surface area contributed by atoms with Gasteiger partial charge in [-0.25, -0.2) is 4.39 Å². The number of aromatic hydroxyl groups is 1. The van der Waals surface area contributed by atoms with E-state index in [9.17, 15) is 4.39 Å². The van der Waals surface area contributed by atoms with Gasteiger partial charge in [0.05, 0.1) is 0 Å². The smallest absolute Gasteiger partial charge is 0.166 e. The number of nitrogens with zero attached hydrogens (tertiary/aromatic N) is 1. The number of hydrogen-bond donors (Lipinski definition) is 1. The predicted octanol–water partition coefficient (Wildman–Crippen LogP) is 1.52. The summed E-state index contributed by atoms with van der Waals surface area (Å²) in [4.78, 5) is 1.98. The number of rotatable bonds is 0. The second-order valence-corrected chi connectivity index (χ2v) is 3.10. The van der Waals surface area contributed by atoms with Crippen LogP contribution in [0.5, 0.6) is 5.75 Å². The summed E-state index contributed by atoms with van der Waals surface area (Å²) in [5, 5.41) is 9.08. The molecule has 1 heterocycles. The van der Waals surface area contributed by atoms with Gasteiger partial charge in [0.25, 0.3) is 0 Å².